The van der Waals surface area contributed by atoms with Crippen LogP contribution in [0.1, 0.15) is 15.9 Å². The Morgan fingerprint density at radius 3 is 2.75 bits per heavy atom. The second-order valence-electron chi connectivity index (χ2n) is 7.89. The van der Waals surface area contributed by atoms with E-state index in [0.29, 0.717) is 5.56 Å². The fraction of sp³-hybridized carbons (Fsp3) is 0.478. The Morgan fingerprint density at radius 2 is 2.00 bits per heavy atom. The summed E-state index contributed by atoms with van der Waals surface area (Å²) in [7, 11) is 3.14. The molecule has 0 amide bonds. The van der Waals surface area contributed by atoms with Gasteiger partial charge in [0.25, 0.3) is 0 Å². The van der Waals surface area contributed by atoms with E-state index in [1.807, 2.05) is 19.1 Å². The summed E-state index contributed by atoms with van der Waals surface area (Å²) in [6.45, 7) is 7.62. The molecule has 8 nitrogen and oxygen atoms in total. The van der Waals surface area contributed by atoms with Crippen molar-refractivity contribution in [2.75, 3.05) is 53.6 Å². The number of hydrogen-bond acceptors (Lipinski definition) is 9. The maximum atomic E-state index is 12.0. The van der Waals surface area contributed by atoms with E-state index < -0.39 is 0 Å². The Kier molecular flexibility index (Phi) is 7.39. The van der Waals surface area contributed by atoms with Crippen LogP contribution in [-0.4, -0.2) is 98.6 Å². The van der Waals surface area contributed by atoms with E-state index >= 15 is 0 Å². The number of piperazine rings is 1. The average molecular weight is 456 g/mol. The molecular weight excluding hydrogens is 426 g/mol. The van der Waals surface area contributed by atoms with Gasteiger partial charge in [-0.05, 0) is 36.8 Å². The maximum Gasteiger partial charge on any atom is 0.337 e. The molecule has 32 heavy (non-hydrogen) atoms. The van der Waals surface area contributed by atoms with Gasteiger partial charge in [-0.3, -0.25) is 14.9 Å². The van der Waals surface area contributed by atoms with Crippen LogP contribution >= 0.6 is 11.8 Å². The topological polar surface area (TPSA) is 79.1 Å². The molecule has 1 aromatic rings. The van der Waals surface area contributed by atoms with Crippen molar-refractivity contribution in [3.05, 3.63) is 41.5 Å². The number of nitrogens with zero attached hydrogens (tertiary/aromatic N) is 5. The Hall–Kier alpha value is -2.49. The highest BCUT2D eigenvalue weighted by molar-refractivity contribution is 8.00. The molecule has 0 N–H and O–H groups in total. The van der Waals surface area contributed by atoms with E-state index in [2.05, 4.69) is 31.9 Å². The number of aliphatic imine (C=N–C) groups is 3. The van der Waals surface area contributed by atoms with Crippen molar-refractivity contribution in [1.29, 1.82) is 0 Å². The van der Waals surface area contributed by atoms with Crippen molar-refractivity contribution in [1.82, 2.24) is 9.80 Å². The van der Waals surface area contributed by atoms with E-state index in [4.69, 9.17) is 14.5 Å². The molecule has 0 aromatic heterocycles. The summed E-state index contributed by atoms with van der Waals surface area (Å²) in [6, 6.07) is 5.44. The van der Waals surface area contributed by atoms with Crippen molar-refractivity contribution >= 4 is 35.6 Å². The molecule has 2 atom stereocenters. The number of benzene rings is 1. The first-order valence-corrected chi connectivity index (χ1v) is 11.6. The van der Waals surface area contributed by atoms with E-state index in [1.54, 1.807) is 31.3 Å². The molecule has 0 aliphatic carbocycles. The van der Waals surface area contributed by atoms with Crippen LogP contribution in [0.2, 0.25) is 0 Å². The average Bonchev–Trinajstić information content (AvgIpc) is 2.84. The first-order chi connectivity index (χ1) is 15.6. The highest BCUT2D eigenvalue weighted by Gasteiger charge is 2.32. The molecule has 0 spiro atoms. The first kappa shape index (κ1) is 22.7. The molecule has 9 heteroatoms. The molecule has 2 unspecified atom stereocenters. The summed E-state index contributed by atoms with van der Waals surface area (Å²) < 4.78 is 10.1. The van der Waals surface area contributed by atoms with Crippen molar-refractivity contribution in [2.24, 2.45) is 15.0 Å². The fourth-order valence-electron chi connectivity index (χ4n) is 3.89. The summed E-state index contributed by atoms with van der Waals surface area (Å²) in [5.74, 6) is 0.648. The lowest BCUT2D eigenvalue weighted by molar-refractivity contribution is 0.0600. The molecule has 3 aliphatic heterocycles. The predicted molar refractivity (Wildman–Crippen MR) is 128 cm³/mol. The number of carbonyl (C=O) groups is 1. The molecule has 3 heterocycles. The maximum absolute atomic E-state index is 12.0. The van der Waals surface area contributed by atoms with Crippen molar-refractivity contribution in [3.8, 4) is 0 Å². The number of methoxy groups -OCH3 is 2. The monoisotopic (exact) mass is 455 g/mol. The zero-order chi connectivity index (χ0) is 22.5. The van der Waals surface area contributed by atoms with Crippen molar-refractivity contribution in [3.63, 3.8) is 0 Å². The van der Waals surface area contributed by atoms with Gasteiger partial charge in [-0.15, -0.1) is 0 Å². The van der Waals surface area contributed by atoms with E-state index in [1.165, 1.54) is 7.11 Å². The lowest BCUT2D eigenvalue weighted by atomic mass is 10.1. The number of thioether (sulfide) groups is 1. The minimum absolute atomic E-state index is 0.142. The molecule has 4 rings (SSSR count). The van der Waals surface area contributed by atoms with Gasteiger partial charge in [0.05, 0.1) is 25.0 Å². The van der Waals surface area contributed by atoms with Crippen molar-refractivity contribution in [2.45, 2.75) is 23.2 Å². The molecule has 0 saturated carbocycles. The zero-order valence-corrected chi connectivity index (χ0v) is 19.5. The quantitative estimate of drug-likeness (QED) is 0.613. The highest BCUT2D eigenvalue weighted by atomic mass is 32.2. The summed E-state index contributed by atoms with van der Waals surface area (Å²) >= 11 is 1.61. The molecule has 3 aliphatic rings. The van der Waals surface area contributed by atoms with Gasteiger partial charge in [0.1, 0.15) is 23.6 Å². The van der Waals surface area contributed by atoms with Gasteiger partial charge in [-0.2, -0.15) is 0 Å². The Morgan fingerprint density at radius 1 is 1.19 bits per heavy atom. The molecule has 170 valence electrons. The third-order valence-corrected chi connectivity index (χ3v) is 7.15. The smallest absolute Gasteiger partial charge is 0.337 e. The number of esters is 1. The second kappa shape index (κ2) is 10.4. The molecule has 1 fully saturated rings. The number of carbonyl (C=O) groups excluding carboxylic acids is 1. The zero-order valence-electron chi connectivity index (χ0n) is 18.7. The third-order valence-electron chi connectivity index (χ3n) is 5.83. The van der Waals surface area contributed by atoms with E-state index in [9.17, 15) is 4.79 Å². The Balaban J connectivity index is 1.48. The van der Waals surface area contributed by atoms with Gasteiger partial charge in [-0.25, -0.2) is 9.79 Å². The lowest BCUT2D eigenvalue weighted by Crippen LogP contribution is -2.50. The van der Waals surface area contributed by atoms with Gasteiger partial charge in [0.2, 0.25) is 0 Å². The first-order valence-electron chi connectivity index (χ1n) is 10.8. The molecular formula is C23H29N5O3S. The van der Waals surface area contributed by atoms with E-state index in [0.717, 1.165) is 61.3 Å². The lowest BCUT2D eigenvalue weighted by Gasteiger charge is -2.37. The summed E-state index contributed by atoms with van der Waals surface area (Å²) in [4.78, 5) is 31.8. The van der Waals surface area contributed by atoms with Crippen LogP contribution in [-0.2, 0) is 9.47 Å². The summed E-state index contributed by atoms with van der Waals surface area (Å²) in [5, 5.41) is -0.142. The number of aryl methyl sites for hydroxylation is 1. The predicted octanol–water partition coefficient (Wildman–Crippen LogP) is 2.28. The highest BCUT2D eigenvalue weighted by Crippen LogP contribution is 2.33. The van der Waals surface area contributed by atoms with E-state index in [-0.39, 0.29) is 17.4 Å². The van der Waals surface area contributed by atoms with Crippen LogP contribution in [0.25, 0.3) is 0 Å². The van der Waals surface area contributed by atoms with Gasteiger partial charge >= 0.3 is 5.97 Å². The normalized spacial score (nSPS) is 22.9. The molecule has 0 radical (unpaired) electrons. The van der Waals surface area contributed by atoms with Crippen LogP contribution in [0.3, 0.4) is 0 Å². The largest absolute Gasteiger partial charge is 0.465 e. The second-order valence-corrected chi connectivity index (χ2v) is 9.04. The molecule has 1 saturated heterocycles. The number of rotatable bonds is 6. The SMILES string of the molecule is COCCN1CCN(C2=NC3C(=NC=NC3Sc3cc(C(=O)OC)ccc3C)C=C2)CC1. The fourth-order valence-corrected chi connectivity index (χ4v) is 5.05. The number of ether oxygens (including phenoxy) is 2. The number of dihydropyridines is 1. The number of hydrogen-bond donors (Lipinski definition) is 0. The van der Waals surface area contributed by atoms with Gasteiger partial charge in [0.15, 0.2) is 0 Å². The van der Waals surface area contributed by atoms with Gasteiger partial charge in [0, 0.05) is 44.7 Å². The van der Waals surface area contributed by atoms with Gasteiger partial charge < -0.3 is 14.4 Å². The Bertz CT molecular complexity index is 966. The summed E-state index contributed by atoms with van der Waals surface area (Å²) in [6.07, 6.45) is 5.73. The molecule has 0 bridgehead atoms. The summed E-state index contributed by atoms with van der Waals surface area (Å²) in [5.41, 5.74) is 2.54. The minimum atomic E-state index is -0.341. The molecule has 1 aromatic carbocycles. The standard InChI is InChI=1S/C23H29N5O3S/c1-16-4-5-17(23(29)31-3)14-19(16)32-22-21-18(24-15-25-22)6-7-20(26-21)28-10-8-27(9-11-28)12-13-30-2/h4-7,14-15,21-22H,8-13H2,1-3H3. The van der Waals surface area contributed by atoms with Crippen LogP contribution in [0.4, 0.5) is 0 Å². The van der Waals surface area contributed by atoms with Crippen LogP contribution < -0.4 is 0 Å². The number of amidine groups is 1. The van der Waals surface area contributed by atoms with Crippen LogP contribution in [0.15, 0.2) is 50.2 Å². The minimum Gasteiger partial charge on any atom is -0.465 e. The number of fused-ring (bicyclic) bond motifs is 1. The third kappa shape index (κ3) is 5.11. The van der Waals surface area contributed by atoms with Crippen LogP contribution in [0.5, 0.6) is 0 Å². The van der Waals surface area contributed by atoms with Gasteiger partial charge in [-0.1, -0.05) is 17.8 Å². The Labute approximate surface area is 193 Å². The van der Waals surface area contributed by atoms with Crippen molar-refractivity contribution < 1.29 is 14.3 Å². The van der Waals surface area contributed by atoms with Crippen LogP contribution in [0, 0.1) is 6.92 Å².